The van der Waals surface area contributed by atoms with Gasteiger partial charge in [0.25, 0.3) is 0 Å². The van der Waals surface area contributed by atoms with E-state index >= 15 is 0 Å². The van der Waals surface area contributed by atoms with E-state index < -0.39 is 21.8 Å². The van der Waals surface area contributed by atoms with Crippen molar-refractivity contribution in [3.8, 4) is 0 Å². The standard InChI is InChI=1S/C23H33N5O5S/c1-2-3-4-5-14-33-15-7-16-34(31,32)28-21-11-9-20(10-12-21)26-27-23(30)22(29)25-18-19-8-6-13-24-17-19/h6,8-13,17,26,28H,2-5,7,14-16,18H2,1H3,(H,25,29)(H,27,30). The van der Waals surface area contributed by atoms with E-state index in [1.54, 1.807) is 48.8 Å². The molecule has 34 heavy (non-hydrogen) atoms. The molecule has 0 spiro atoms. The molecule has 10 nitrogen and oxygen atoms in total. The van der Waals surface area contributed by atoms with E-state index in [4.69, 9.17) is 4.74 Å². The van der Waals surface area contributed by atoms with Crippen molar-refractivity contribution in [2.45, 2.75) is 45.6 Å². The maximum atomic E-state index is 12.2. The minimum Gasteiger partial charge on any atom is -0.381 e. The number of carbonyl (C=O) groups is 2. The number of nitrogens with zero attached hydrogens (tertiary/aromatic N) is 1. The monoisotopic (exact) mass is 491 g/mol. The molecule has 4 N–H and O–H groups in total. The number of carbonyl (C=O) groups excluding carboxylic acids is 2. The third-order valence-corrected chi connectivity index (χ3v) is 6.08. The zero-order valence-electron chi connectivity index (χ0n) is 19.4. The van der Waals surface area contributed by atoms with Gasteiger partial charge >= 0.3 is 11.8 Å². The molecule has 0 atom stereocenters. The van der Waals surface area contributed by atoms with Gasteiger partial charge in [0.2, 0.25) is 10.0 Å². The van der Waals surface area contributed by atoms with Crippen LogP contribution in [0.15, 0.2) is 48.8 Å². The Morgan fingerprint density at radius 1 is 0.941 bits per heavy atom. The normalized spacial score (nSPS) is 11.0. The fourth-order valence-electron chi connectivity index (χ4n) is 2.89. The minimum absolute atomic E-state index is 0.0355. The number of anilines is 2. The van der Waals surface area contributed by atoms with Crippen LogP contribution in [0.5, 0.6) is 0 Å². The Kier molecular flexibility index (Phi) is 11.8. The van der Waals surface area contributed by atoms with Crippen LogP contribution in [0.4, 0.5) is 11.4 Å². The summed E-state index contributed by atoms with van der Waals surface area (Å²) in [6, 6.07) is 9.77. The molecule has 0 unspecified atom stereocenters. The summed E-state index contributed by atoms with van der Waals surface area (Å²) in [5.74, 6) is -1.70. The van der Waals surface area contributed by atoms with Crippen LogP contribution in [-0.2, 0) is 30.9 Å². The lowest BCUT2D eigenvalue weighted by molar-refractivity contribution is -0.139. The zero-order chi connectivity index (χ0) is 24.7. The number of nitrogens with one attached hydrogen (secondary N) is 4. The molecule has 0 radical (unpaired) electrons. The van der Waals surface area contributed by atoms with Gasteiger partial charge in [-0.05, 0) is 48.7 Å². The summed E-state index contributed by atoms with van der Waals surface area (Å²) in [4.78, 5) is 27.7. The van der Waals surface area contributed by atoms with Crippen LogP contribution < -0.4 is 20.9 Å². The van der Waals surface area contributed by atoms with Crippen LogP contribution in [0.1, 0.15) is 44.6 Å². The van der Waals surface area contributed by atoms with Gasteiger partial charge < -0.3 is 10.1 Å². The van der Waals surface area contributed by atoms with Crippen molar-refractivity contribution in [2.75, 3.05) is 29.1 Å². The van der Waals surface area contributed by atoms with Crippen LogP contribution >= 0.6 is 0 Å². The van der Waals surface area contributed by atoms with Crippen molar-refractivity contribution < 1.29 is 22.7 Å². The number of pyridine rings is 1. The van der Waals surface area contributed by atoms with Gasteiger partial charge in [-0.3, -0.25) is 30.1 Å². The average molecular weight is 492 g/mol. The maximum absolute atomic E-state index is 12.2. The van der Waals surface area contributed by atoms with E-state index in [9.17, 15) is 18.0 Å². The highest BCUT2D eigenvalue weighted by Crippen LogP contribution is 2.14. The second-order valence-electron chi connectivity index (χ2n) is 7.65. The molecule has 2 aromatic rings. The average Bonchev–Trinajstić information content (AvgIpc) is 2.84. The molecule has 0 saturated carbocycles. The fourth-order valence-corrected chi connectivity index (χ4v) is 3.98. The Hall–Kier alpha value is -3.18. The van der Waals surface area contributed by atoms with Crippen molar-refractivity contribution in [1.29, 1.82) is 0 Å². The van der Waals surface area contributed by atoms with Crippen molar-refractivity contribution >= 4 is 33.2 Å². The highest BCUT2D eigenvalue weighted by atomic mass is 32.2. The van der Waals surface area contributed by atoms with Gasteiger partial charge in [-0.2, -0.15) is 0 Å². The van der Waals surface area contributed by atoms with E-state index in [0.29, 0.717) is 31.0 Å². The Morgan fingerprint density at radius 3 is 2.38 bits per heavy atom. The van der Waals surface area contributed by atoms with E-state index in [-0.39, 0.29) is 12.3 Å². The summed E-state index contributed by atoms with van der Waals surface area (Å²) in [6.45, 7) is 3.39. The van der Waals surface area contributed by atoms with Crippen molar-refractivity contribution in [1.82, 2.24) is 15.7 Å². The van der Waals surface area contributed by atoms with Crippen molar-refractivity contribution in [3.63, 3.8) is 0 Å². The number of hydrogen-bond acceptors (Lipinski definition) is 7. The number of sulfonamides is 1. The zero-order valence-corrected chi connectivity index (χ0v) is 20.2. The summed E-state index contributed by atoms with van der Waals surface area (Å²) in [6.07, 6.45) is 8.10. The molecule has 11 heteroatoms. The number of hydrazine groups is 1. The molecule has 0 bridgehead atoms. The second kappa shape index (κ2) is 14.9. The van der Waals surface area contributed by atoms with Gasteiger partial charge in [-0.15, -0.1) is 0 Å². The first-order valence-electron chi connectivity index (χ1n) is 11.3. The lowest BCUT2D eigenvalue weighted by Crippen LogP contribution is -2.42. The molecule has 0 saturated heterocycles. The van der Waals surface area contributed by atoms with Gasteiger partial charge in [0, 0.05) is 37.8 Å². The molecular weight excluding hydrogens is 458 g/mol. The van der Waals surface area contributed by atoms with Gasteiger partial charge in [0.1, 0.15) is 0 Å². The number of benzene rings is 1. The van der Waals surface area contributed by atoms with Gasteiger partial charge in [-0.25, -0.2) is 8.42 Å². The summed E-state index contributed by atoms with van der Waals surface area (Å²) in [5.41, 5.74) is 6.55. The Bertz CT molecular complexity index is 985. The van der Waals surface area contributed by atoms with E-state index in [1.165, 1.54) is 12.8 Å². The fraction of sp³-hybridized carbons (Fsp3) is 0.435. The molecule has 186 valence electrons. The molecule has 0 aliphatic carbocycles. The molecule has 0 aliphatic rings. The lowest BCUT2D eigenvalue weighted by Gasteiger charge is -2.11. The van der Waals surface area contributed by atoms with Crippen LogP contribution in [0.2, 0.25) is 0 Å². The number of amides is 2. The van der Waals surface area contributed by atoms with E-state index in [2.05, 4.69) is 32.8 Å². The number of ether oxygens (including phenoxy) is 1. The van der Waals surface area contributed by atoms with E-state index in [1.807, 2.05) is 0 Å². The summed E-state index contributed by atoms with van der Waals surface area (Å²) < 4.78 is 32.4. The summed E-state index contributed by atoms with van der Waals surface area (Å²) in [7, 11) is -3.49. The number of rotatable bonds is 15. The largest absolute Gasteiger partial charge is 0.381 e. The van der Waals surface area contributed by atoms with Crippen LogP contribution in [-0.4, -0.2) is 44.2 Å². The van der Waals surface area contributed by atoms with Crippen LogP contribution in [0.25, 0.3) is 0 Å². The smallest absolute Gasteiger partial charge is 0.327 e. The Morgan fingerprint density at radius 2 is 1.68 bits per heavy atom. The quantitative estimate of drug-likeness (QED) is 0.171. The highest BCUT2D eigenvalue weighted by Gasteiger charge is 2.13. The van der Waals surface area contributed by atoms with Gasteiger partial charge in [0.05, 0.1) is 11.4 Å². The predicted octanol–water partition coefficient (Wildman–Crippen LogP) is 2.57. The van der Waals surface area contributed by atoms with Crippen molar-refractivity contribution in [3.05, 3.63) is 54.4 Å². The SMILES string of the molecule is CCCCCCOCCCS(=O)(=O)Nc1ccc(NNC(=O)C(=O)NCc2cccnc2)cc1. The van der Waals surface area contributed by atoms with Gasteiger partial charge in [-0.1, -0.05) is 32.3 Å². The Labute approximate surface area is 200 Å². The third-order valence-electron chi connectivity index (χ3n) is 4.70. The highest BCUT2D eigenvalue weighted by molar-refractivity contribution is 7.92. The summed E-state index contributed by atoms with van der Waals surface area (Å²) >= 11 is 0. The molecular formula is C23H33N5O5S. The molecule has 2 amide bonds. The first-order valence-corrected chi connectivity index (χ1v) is 13.0. The number of hydrogen-bond donors (Lipinski definition) is 4. The van der Waals surface area contributed by atoms with E-state index in [0.717, 1.165) is 18.4 Å². The molecule has 1 aromatic heterocycles. The molecule has 1 aromatic carbocycles. The minimum atomic E-state index is -3.49. The topological polar surface area (TPSA) is 139 Å². The second-order valence-corrected chi connectivity index (χ2v) is 9.49. The predicted molar refractivity (Wildman–Crippen MR) is 131 cm³/mol. The number of unbranched alkanes of at least 4 members (excludes halogenated alkanes) is 3. The summed E-state index contributed by atoms with van der Waals surface area (Å²) in [5, 5.41) is 2.49. The first kappa shape index (κ1) is 27.1. The number of aromatic nitrogens is 1. The molecule has 1 heterocycles. The molecule has 0 aliphatic heterocycles. The van der Waals surface area contributed by atoms with Crippen LogP contribution in [0.3, 0.4) is 0 Å². The third kappa shape index (κ3) is 11.1. The van der Waals surface area contributed by atoms with Crippen LogP contribution in [0, 0.1) is 0 Å². The lowest BCUT2D eigenvalue weighted by atomic mass is 10.2. The first-order chi connectivity index (χ1) is 16.4. The van der Waals surface area contributed by atoms with Gasteiger partial charge in [0.15, 0.2) is 0 Å². The van der Waals surface area contributed by atoms with Crippen molar-refractivity contribution in [2.24, 2.45) is 0 Å². The molecule has 0 fully saturated rings. The molecule has 2 rings (SSSR count). The Balaban J connectivity index is 1.66. The maximum Gasteiger partial charge on any atom is 0.327 e.